The second-order valence-corrected chi connectivity index (χ2v) is 9.36. The Kier molecular flexibility index (Phi) is 6.71. The van der Waals surface area contributed by atoms with E-state index in [0.717, 1.165) is 42.9 Å². The lowest BCUT2D eigenvalue weighted by atomic mass is 9.96. The number of carbonyl (C=O) groups excluding carboxylic acids is 1. The first-order valence-electron chi connectivity index (χ1n) is 10.2. The SMILES string of the molecule is O=C(/N=C/C1CCc2cc(/C=C/C(c3cc(Cl)c(Cl)c(Cl)c3)C(F)(F)F)ccc21)C1CC1. The lowest BCUT2D eigenvalue weighted by molar-refractivity contribution is -0.139. The van der Waals surface area contributed by atoms with Crippen LogP contribution in [0.3, 0.4) is 0 Å². The smallest absolute Gasteiger partial charge is 0.272 e. The monoisotopic (exact) mass is 499 g/mol. The van der Waals surface area contributed by atoms with E-state index in [4.69, 9.17) is 34.8 Å². The summed E-state index contributed by atoms with van der Waals surface area (Å²) < 4.78 is 41.2. The number of aryl methyl sites for hydroxylation is 1. The fourth-order valence-corrected chi connectivity index (χ4v) is 4.51. The number of rotatable bonds is 5. The Morgan fingerprint density at radius 1 is 1.06 bits per heavy atom. The van der Waals surface area contributed by atoms with Gasteiger partial charge in [0, 0.05) is 18.1 Å². The minimum absolute atomic E-state index is 0.0255. The molecule has 0 heterocycles. The number of allylic oxidation sites excluding steroid dienone is 1. The molecule has 1 saturated carbocycles. The van der Waals surface area contributed by atoms with E-state index >= 15 is 0 Å². The highest BCUT2D eigenvalue weighted by Crippen LogP contribution is 2.41. The zero-order valence-corrected chi connectivity index (χ0v) is 19.1. The van der Waals surface area contributed by atoms with Crippen LogP contribution in [0.5, 0.6) is 0 Å². The van der Waals surface area contributed by atoms with Crippen molar-refractivity contribution in [2.24, 2.45) is 10.9 Å². The Hall–Kier alpha value is -1.82. The Labute approximate surface area is 199 Å². The maximum Gasteiger partial charge on any atom is 0.399 e. The number of benzene rings is 2. The highest BCUT2D eigenvalue weighted by molar-refractivity contribution is 6.48. The number of amides is 1. The molecule has 32 heavy (non-hydrogen) atoms. The molecule has 2 unspecified atom stereocenters. The summed E-state index contributed by atoms with van der Waals surface area (Å²) in [4.78, 5) is 15.9. The van der Waals surface area contributed by atoms with Gasteiger partial charge in [-0.15, -0.1) is 0 Å². The van der Waals surface area contributed by atoms with Gasteiger partial charge >= 0.3 is 6.18 Å². The summed E-state index contributed by atoms with van der Waals surface area (Å²) in [6.07, 6.45) is 3.19. The lowest BCUT2D eigenvalue weighted by Gasteiger charge is -2.18. The molecule has 2 aliphatic carbocycles. The minimum Gasteiger partial charge on any atom is -0.272 e. The molecule has 0 saturated heterocycles. The fourth-order valence-electron chi connectivity index (χ4n) is 3.90. The van der Waals surface area contributed by atoms with Gasteiger partial charge in [-0.25, -0.2) is 4.99 Å². The van der Waals surface area contributed by atoms with Crippen molar-refractivity contribution in [3.63, 3.8) is 0 Å². The topological polar surface area (TPSA) is 29.4 Å². The molecule has 1 amide bonds. The third-order valence-corrected chi connectivity index (χ3v) is 7.00. The molecule has 0 aromatic heterocycles. The summed E-state index contributed by atoms with van der Waals surface area (Å²) in [5.41, 5.74) is 2.71. The van der Waals surface area contributed by atoms with Crippen molar-refractivity contribution in [3.05, 3.63) is 73.7 Å². The van der Waals surface area contributed by atoms with Gasteiger partial charge in [-0.1, -0.05) is 65.2 Å². The van der Waals surface area contributed by atoms with Crippen molar-refractivity contribution in [2.75, 3.05) is 0 Å². The highest BCUT2D eigenvalue weighted by Gasteiger charge is 2.39. The zero-order valence-electron chi connectivity index (χ0n) is 16.8. The molecule has 0 bridgehead atoms. The molecule has 2 aliphatic rings. The van der Waals surface area contributed by atoms with Crippen molar-refractivity contribution in [1.82, 2.24) is 0 Å². The van der Waals surface area contributed by atoms with E-state index in [0.29, 0.717) is 5.56 Å². The number of carbonyl (C=O) groups is 1. The molecule has 4 rings (SSSR count). The number of fused-ring (bicyclic) bond motifs is 1. The van der Waals surface area contributed by atoms with Gasteiger partial charge in [-0.2, -0.15) is 13.2 Å². The van der Waals surface area contributed by atoms with E-state index in [1.807, 2.05) is 12.1 Å². The maximum atomic E-state index is 13.7. The molecular formula is C24H19Cl3F3NO. The van der Waals surface area contributed by atoms with E-state index in [1.165, 1.54) is 18.2 Å². The van der Waals surface area contributed by atoms with Gasteiger partial charge < -0.3 is 0 Å². The first-order valence-corrected chi connectivity index (χ1v) is 11.4. The summed E-state index contributed by atoms with van der Waals surface area (Å²) in [6, 6.07) is 7.94. The van der Waals surface area contributed by atoms with Crippen LogP contribution >= 0.6 is 34.8 Å². The van der Waals surface area contributed by atoms with Crippen LogP contribution in [-0.2, 0) is 11.2 Å². The molecule has 1 fully saturated rings. The van der Waals surface area contributed by atoms with Gasteiger partial charge in [0.25, 0.3) is 0 Å². The second kappa shape index (κ2) is 9.20. The zero-order chi connectivity index (χ0) is 23.0. The number of nitrogens with zero attached hydrogens (tertiary/aromatic N) is 1. The molecule has 2 atom stereocenters. The van der Waals surface area contributed by atoms with E-state index in [1.54, 1.807) is 12.3 Å². The van der Waals surface area contributed by atoms with Crippen LogP contribution in [0.4, 0.5) is 13.2 Å². The fraction of sp³-hybridized carbons (Fsp3) is 0.333. The van der Waals surface area contributed by atoms with E-state index in [9.17, 15) is 18.0 Å². The van der Waals surface area contributed by atoms with Gasteiger partial charge in [-0.05, 0) is 60.1 Å². The van der Waals surface area contributed by atoms with Crippen LogP contribution in [-0.4, -0.2) is 18.3 Å². The molecule has 168 valence electrons. The van der Waals surface area contributed by atoms with Crippen LogP contribution in [0.2, 0.25) is 15.1 Å². The Morgan fingerprint density at radius 3 is 2.38 bits per heavy atom. The van der Waals surface area contributed by atoms with Crippen molar-refractivity contribution in [1.29, 1.82) is 0 Å². The molecule has 0 aliphatic heterocycles. The molecule has 8 heteroatoms. The van der Waals surface area contributed by atoms with Crippen molar-refractivity contribution < 1.29 is 18.0 Å². The van der Waals surface area contributed by atoms with Gasteiger partial charge in [0.05, 0.1) is 21.0 Å². The molecule has 0 spiro atoms. The van der Waals surface area contributed by atoms with Gasteiger partial charge in [0.2, 0.25) is 5.91 Å². The van der Waals surface area contributed by atoms with Crippen LogP contribution in [0.25, 0.3) is 6.08 Å². The quantitative estimate of drug-likeness (QED) is 0.302. The van der Waals surface area contributed by atoms with Crippen molar-refractivity contribution >= 4 is 53.0 Å². The normalized spacial score (nSPS) is 19.6. The van der Waals surface area contributed by atoms with Crippen LogP contribution < -0.4 is 0 Å². The highest BCUT2D eigenvalue weighted by atomic mass is 35.5. The summed E-state index contributed by atoms with van der Waals surface area (Å²) in [6.45, 7) is 0. The van der Waals surface area contributed by atoms with Gasteiger partial charge in [-0.3, -0.25) is 4.79 Å². The number of alkyl halides is 3. The second-order valence-electron chi connectivity index (χ2n) is 8.17. The Balaban J connectivity index is 1.55. The van der Waals surface area contributed by atoms with Gasteiger partial charge in [0.1, 0.15) is 0 Å². The van der Waals surface area contributed by atoms with Crippen LogP contribution in [0, 0.1) is 5.92 Å². The summed E-state index contributed by atoms with van der Waals surface area (Å²) in [5, 5.41) is -0.0259. The Bertz CT molecular complexity index is 1080. The van der Waals surface area contributed by atoms with Crippen molar-refractivity contribution in [3.8, 4) is 0 Å². The molecule has 2 aromatic rings. The molecule has 2 nitrogen and oxygen atoms in total. The number of aliphatic imine (C=N–C) groups is 1. The average Bonchev–Trinajstić information content (AvgIpc) is 3.50. The predicted molar refractivity (Wildman–Crippen MR) is 123 cm³/mol. The number of hydrogen-bond acceptors (Lipinski definition) is 1. The largest absolute Gasteiger partial charge is 0.399 e. The number of halogens is 6. The molecular weight excluding hydrogens is 482 g/mol. The van der Waals surface area contributed by atoms with Crippen LogP contribution in [0.1, 0.15) is 53.4 Å². The molecule has 0 N–H and O–H groups in total. The van der Waals surface area contributed by atoms with Gasteiger partial charge in [0.15, 0.2) is 0 Å². The average molecular weight is 501 g/mol. The van der Waals surface area contributed by atoms with Crippen molar-refractivity contribution in [2.45, 2.75) is 43.7 Å². The maximum absolute atomic E-state index is 13.7. The standard InChI is InChI=1S/C24H19Cl3F3NO/c25-20-10-17(11-21(26)22(20)27)19(24(28,29)30)8-2-13-1-7-18-15(9-13)5-6-16(18)12-31-23(32)14-3-4-14/h1-2,7-12,14,16,19H,3-6H2/b8-2+,31-12+. The summed E-state index contributed by atoms with van der Waals surface area (Å²) >= 11 is 17.7. The number of hydrogen-bond donors (Lipinski definition) is 0. The summed E-state index contributed by atoms with van der Waals surface area (Å²) in [7, 11) is 0. The first-order chi connectivity index (χ1) is 15.1. The predicted octanol–water partition coefficient (Wildman–Crippen LogP) is 8.04. The first kappa shape index (κ1) is 23.3. The van der Waals surface area contributed by atoms with E-state index < -0.39 is 12.1 Å². The third-order valence-electron chi connectivity index (χ3n) is 5.80. The molecule has 2 aromatic carbocycles. The van der Waals surface area contributed by atoms with E-state index in [2.05, 4.69) is 4.99 Å². The van der Waals surface area contributed by atoms with Crippen LogP contribution in [0.15, 0.2) is 41.4 Å². The summed E-state index contributed by atoms with van der Waals surface area (Å²) in [5.74, 6) is -1.78. The minimum atomic E-state index is -4.52. The Morgan fingerprint density at radius 2 is 1.75 bits per heavy atom. The molecule has 0 radical (unpaired) electrons. The van der Waals surface area contributed by atoms with E-state index in [-0.39, 0.29) is 38.4 Å². The lowest BCUT2D eigenvalue weighted by Crippen LogP contribution is -2.19. The third kappa shape index (κ3) is 5.22.